The SMILES string of the molecule is Cc1nscc1-c1[nH]c2ccccc2c1CC#N. The molecular weight excluding hydrogens is 242 g/mol. The molecule has 0 saturated carbocycles. The van der Waals surface area contributed by atoms with Gasteiger partial charge in [0, 0.05) is 21.8 Å². The molecule has 0 amide bonds. The summed E-state index contributed by atoms with van der Waals surface area (Å²) in [5.74, 6) is 0. The molecule has 0 spiro atoms. The molecule has 0 saturated heterocycles. The highest BCUT2D eigenvalue weighted by Crippen LogP contribution is 2.32. The standard InChI is InChI=1S/C14H11N3S/c1-9-12(8-18-17-9)14-11(6-7-15)10-4-2-3-5-13(10)16-14/h2-5,8,16H,6H2,1H3. The molecule has 0 aliphatic heterocycles. The molecule has 0 aliphatic carbocycles. The second-order valence-electron chi connectivity index (χ2n) is 4.17. The van der Waals surface area contributed by atoms with Gasteiger partial charge in [0.2, 0.25) is 0 Å². The number of para-hydroxylation sites is 1. The van der Waals surface area contributed by atoms with Crippen LogP contribution in [0.1, 0.15) is 11.3 Å². The Balaban J connectivity index is 2.32. The predicted molar refractivity (Wildman–Crippen MR) is 73.5 cm³/mol. The number of nitrogens with one attached hydrogen (secondary N) is 1. The van der Waals surface area contributed by atoms with Crippen molar-refractivity contribution in [3.05, 3.63) is 40.9 Å². The number of hydrogen-bond acceptors (Lipinski definition) is 3. The number of H-pyrrole nitrogens is 1. The average molecular weight is 253 g/mol. The van der Waals surface area contributed by atoms with Gasteiger partial charge in [0.05, 0.1) is 23.9 Å². The molecular formula is C14H11N3S. The summed E-state index contributed by atoms with van der Waals surface area (Å²) in [5, 5.41) is 12.2. The lowest BCUT2D eigenvalue weighted by Crippen LogP contribution is -1.86. The Bertz CT molecular complexity index is 746. The second-order valence-corrected chi connectivity index (χ2v) is 4.80. The highest BCUT2D eigenvalue weighted by molar-refractivity contribution is 7.04. The van der Waals surface area contributed by atoms with E-state index in [9.17, 15) is 0 Å². The zero-order valence-corrected chi connectivity index (χ0v) is 10.7. The first-order chi connectivity index (χ1) is 8.81. The van der Waals surface area contributed by atoms with Crippen LogP contribution in [0.4, 0.5) is 0 Å². The second kappa shape index (κ2) is 4.28. The van der Waals surface area contributed by atoms with E-state index in [0.29, 0.717) is 6.42 Å². The fourth-order valence-electron chi connectivity index (χ4n) is 2.23. The quantitative estimate of drug-likeness (QED) is 0.757. The molecule has 4 heteroatoms. The van der Waals surface area contributed by atoms with Crippen LogP contribution in [-0.4, -0.2) is 9.36 Å². The van der Waals surface area contributed by atoms with Crippen LogP contribution in [0.3, 0.4) is 0 Å². The first-order valence-electron chi connectivity index (χ1n) is 5.69. The first-order valence-corrected chi connectivity index (χ1v) is 6.53. The number of nitriles is 1. The minimum absolute atomic E-state index is 0.411. The molecule has 88 valence electrons. The van der Waals surface area contributed by atoms with Crippen molar-refractivity contribution in [3.8, 4) is 17.3 Å². The summed E-state index contributed by atoms with van der Waals surface area (Å²) in [6.07, 6.45) is 0.411. The number of rotatable bonds is 2. The highest BCUT2D eigenvalue weighted by atomic mass is 32.1. The molecule has 1 aromatic carbocycles. The van der Waals surface area contributed by atoms with Crippen LogP contribution in [0.5, 0.6) is 0 Å². The fourth-order valence-corrected chi connectivity index (χ4v) is 2.93. The molecule has 3 nitrogen and oxygen atoms in total. The number of benzene rings is 1. The van der Waals surface area contributed by atoms with Crippen LogP contribution in [0.25, 0.3) is 22.2 Å². The molecule has 3 aromatic rings. The lowest BCUT2D eigenvalue weighted by Gasteiger charge is -1.99. The number of aromatic nitrogens is 2. The van der Waals surface area contributed by atoms with E-state index in [-0.39, 0.29) is 0 Å². The first kappa shape index (κ1) is 11.0. The van der Waals surface area contributed by atoms with Gasteiger partial charge in [0.25, 0.3) is 0 Å². The minimum atomic E-state index is 0.411. The monoisotopic (exact) mass is 253 g/mol. The van der Waals surface area contributed by atoms with Gasteiger partial charge >= 0.3 is 0 Å². The summed E-state index contributed by atoms with van der Waals surface area (Å²) in [7, 11) is 0. The van der Waals surface area contributed by atoms with Crippen molar-refractivity contribution in [1.29, 1.82) is 5.26 Å². The third-order valence-corrected chi connectivity index (χ3v) is 3.81. The van der Waals surface area contributed by atoms with E-state index in [0.717, 1.165) is 33.4 Å². The lowest BCUT2D eigenvalue weighted by molar-refractivity contribution is 1.26. The van der Waals surface area contributed by atoms with Crippen LogP contribution in [-0.2, 0) is 6.42 Å². The molecule has 0 atom stereocenters. The molecule has 0 bridgehead atoms. The average Bonchev–Trinajstić information content (AvgIpc) is 2.94. The van der Waals surface area contributed by atoms with Gasteiger partial charge in [-0.25, -0.2) is 0 Å². The van der Waals surface area contributed by atoms with E-state index < -0.39 is 0 Å². The number of fused-ring (bicyclic) bond motifs is 1. The Morgan fingerprint density at radius 3 is 2.94 bits per heavy atom. The summed E-state index contributed by atoms with van der Waals surface area (Å²) in [4.78, 5) is 3.41. The maximum atomic E-state index is 9.01. The van der Waals surface area contributed by atoms with Gasteiger partial charge in [0.15, 0.2) is 0 Å². The van der Waals surface area contributed by atoms with Gasteiger partial charge in [0.1, 0.15) is 0 Å². The van der Waals surface area contributed by atoms with Gasteiger partial charge in [-0.1, -0.05) is 18.2 Å². The molecule has 2 heterocycles. The van der Waals surface area contributed by atoms with Gasteiger partial charge in [-0.2, -0.15) is 9.64 Å². The molecule has 0 fully saturated rings. The number of aromatic amines is 1. The van der Waals surface area contributed by atoms with Gasteiger partial charge in [-0.3, -0.25) is 0 Å². The van der Waals surface area contributed by atoms with E-state index >= 15 is 0 Å². The Morgan fingerprint density at radius 1 is 1.39 bits per heavy atom. The van der Waals surface area contributed by atoms with E-state index in [4.69, 9.17) is 5.26 Å². The van der Waals surface area contributed by atoms with Crippen molar-refractivity contribution in [3.63, 3.8) is 0 Å². The van der Waals surface area contributed by atoms with Crippen LogP contribution < -0.4 is 0 Å². The highest BCUT2D eigenvalue weighted by Gasteiger charge is 2.15. The summed E-state index contributed by atoms with van der Waals surface area (Å²) >= 11 is 1.44. The topological polar surface area (TPSA) is 52.5 Å². The van der Waals surface area contributed by atoms with Crippen molar-refractivity contribution in [2.75, 3.05) is 0 Å². The minimum Gasteiger partial charge on any atom is -0.354 e. The van der Waals surface area contributed by atoms with Crippen molar-refractivity contribution >= 4 is 22.4 Å². The predicted octanol–water partition coefficient (Wildman–Crippen LogP) is 3.67. The fraction of sp³-hybridized carbons (Fsp3) is 0.143. The number of hydrogen-bond donors (Lipinski definition) is 1. The molecule has 1 N–H and O–H groups in total. The van der Waals surface area contributed by atoms with Crippen molar-refractivity contribution in [2.45, 2.75) is 13.3 Å². The van der Waals surface area contributed by atoms with Crippen LogP contribution >= 0.6 is 11.5 Å². The molecule has 18 heavy (non-hydrogen) atoms. The molecule has 0 aliphatic rings. The van der Waals surface area contributed by atoms with Gasteiger partial charge < -0.3 is 4.98 Å². The van der Waals surface area contributed by atoms with Crippen LogP contribution in [0.2, 0.25) is 0 Å². The van der Waals surface area contributed by atoms with Crippen molar-refractivity contribution in [1.82, 2.24) is 9.36 Å². The van der Waals surface area contributed by atoms with E-state index in [2.05, 4.69) is 21.5 Å². The van der Waals surface area contributed by atoms with E-state index in [1.807, 2.05) is 30.5 Å². The zero-order chi connectivity index (χ0) is 12.5. The lowest BCUT2D eigenvalue weighted by atomic mass is 10.0. The smallest absolute Gasteiger partial charge is 0.0670 e. The maximum Gasteiger partial charge on any atom is 0.0670 e. The molecule has 2 aromatic heterocycles. The number of aryl methyl sites for hydroxylation is 1. The zero-order valence-electron chi connectivity index (χ0n) is 9.90. The number of nitrogens with zero attached hydrogens (tertiary/aromatic N) is 2. The summed E-state index contributed by atoms with van der Waals surface area (Å²) in [5.41, 5.74) is 5.27. The molecule has 0 radical (unpaired) electrons. The van der Waals surface area contributed by atoms with Crippen molar-refractivity contribution in [2.24, 2.45) is 0 Å². The van der Waals surface area contributed by atoms with Crippen LogP contribution in [0.15, 0.2) is 29.6 Å². The van der Waals surface area contributed by atoms with Crippen molar-refractivity contribution < 1.29 is 0 Å². The molecule has 3 rings (SSSR count). The molecule has 0 unspecified atom stereocenters. The third-order valence-electron chi connectivity index (χ3n) is 3.09. The normalized spacial score (nSPS) is 10.7. The van der Waals surface area contributed by atoms with Crippen LogP contribution in [0, 0.1) is 18.3 Å². The largest absolute Gasteiger partial charge is 0.354 e. The Kier molecular flexibility index (Phi) is 2.62. The Labute approximate surface area is 109 Å². The maximum absolute atomic E-state index is 9.01. The van der Waals surface area contributed by atoms with Gasteiger partial charge in [-0.05, 0) is 30.1 Å². The Morgan fingerprint density at radius 2 is 2.22 bits per heavy atom. The Hall–Kier alpha value is -2.12. The van der Waals surface area contributed by atoms with E-state index in [1.54, 1.807) is 0 Å². The van der Waals surface area contributed by atoms with Gasteiger partial charge in [-0.15, -0.1) is 0 Å². The summed E-state index contributed by atoms with van der Waals surface area (Å²) < 4.78 is 4.30. The van der Waals surface area contributed by atoms with E-state index in [1.165, 1.54) is 11.5 Å². The summed E-state index contributed by atoms with van der Waals surface area (Å²) in [6.45, 7) is 1.99. The third kappa shape index (κ3) is 1.60. The summed E-state index contributed by atoms with van der Waals surface area (Å²) in [6, 6.07) is 10.3.